The Bertz CT molecular complexity index is 514. The van der Waals surface area contributed by atoms with Crippen LogP contribution in [0.5, 0.6) is 0 Å². The molecule has 0 aromatic heterocycles. The molecule has 0 saturated heterocycles. The molecule has 4 nitrogen and oxygen atoms in total. The van der Waals surface area contributed by atoms with E-state index in [1.165, 1.54) is 5.56 Å². The summed E-state index contributed by atoms with van der Waals surface area (Å²) in [6.07, 6.45) is 2.17. The number of rotatable bonds is 8. The van der Waals surface area contributed by atoms with Gasteiger partial charge < -0.3 is 15.4 Å². The van der Waals surface area contributed by atoms with E-state index in [1.807, 2.05) is 39.0 Å². The molecule has 0 fully saturated rings. The van der Waals surface area contributed by atoms with Crippen molar-refractivity contribution in [1.29, 1.82) is 0 Å². The van der Waals surface area contributed by atoms with Gasteiger partial charge in [0.15, 0.2) is 5.78 Å². The Kier molecular flexibility index (Phi) is 5.98. The molecular weight excluding hydrogens is 276 g/mol. The summed E-state index contributed by atoms with van der Waals surface area (Å²) < 4.78 is 5.50. The van der Waals surface area contributed by atoms with E-state index in [0.717, 1.165) is 37.2 Å². The zero-order valence-corrected chi connectivity index (χ0v) is 14.1. The van der Waals surface area contributed by atoms with Crippen molar-refractivity contribution in [2.45, 2.75) is 58.7 Å². The quantitative estimate of drug-likeness (QED) is 0.572. The predicted molar refractivity (Wildman–Crippen MR) is 90.7 cm³/mol. The molecule has 0 saturated carbocycles. The van der Waals surface area contributed by atoms with E-state index in [0.29, 0.717) is 6.04 Å². The van der Waals surface area contributed by atoms with Gasteiger partial charge >= 0.3 is 0 Å². The summed E-state index contributed by atoms with van der Waals surface area (Å²) in [5.41, 5.74) is 3.21. The maximum absolute atomic E-state index is 12.5. The maximum Gasteiger partial charge on any atom is 0.179 e. The van der Waals surface area contributed by atoms with Crippen LogP contribution in [0, 0.1) is 0 Å². The molecule has 0 amide bonds. The molecular formula is C18H28N2O2. The number of ketones is 1. The molecule has 122 valence electrons. The molecule has 0 radical (unpaired) electrons. The van der Waals surface area contributed by atoms with Crippen LogP contribution in [0.25, 0.3) is 0 Å². The largest absolute Gasteiger partial charge is 0.382 e. The average Bonchev–Trinajstić information content (AvgIpc) is 2.84. The molecule has 1 aliphatic rings. The lowest BCUT2D eigenvalue weighted by molar-refractivity contribution is 0.0760. The topological polar surface area (TPSA) is 50.4 Å². The molecule has 4 heteroatoms. The molecule has 22 heavy (non-hydrogen) atoms. The third-order valence-corrected chi connectivity index (χ3v) is 3.93. The Labute approximate surface area is 133 Å². The fourth-order valence-electron chi connectivity index (χ4n) is 2.76. The summed E-state index contributed by atoms with van der Waals surface area (Å²) in [6, 6.07) is 6.27. The molecule has 2 unspecified atom stereocenters. The highest BCUT2D eigenvalue weighted by Gasteiger charge is 2.20. The van der Waals surface area contributed by atoms with Gasteiger partial charge in [-0.1, -0.05) is 0 Å². The number of nitrogens with one attached hydrogen (secondary N) is 2. The van der Waals surface area contributed by atoms with Crippen LogP contribution in [0.1, 0.15) is 50.0 Å². The summed E-state index contributed by atoms with van der Waals surface area (Å²) in [5.74, 6) is 0.159. The van der Waals surface area contributed by atoms with Crippen molar-refractivity contribution in [2.24, 2.45) is 0 Å². The van der Waals surface area contributed by atoms with Crippen LogP contribution in [-0.4, -0.2) is 37.1 Å². The van der Waals surface area contributed by atoms with Gasteiger partial charge in [-0.2, -0.15) is 0 Å². The highest BCUT2D eigenvalue weighted by molar-refractivity contribution is 6.00. The average molecular weight is 304 g/mol. The molecule has 0 aliphatic carbocycles. The Balaban J connectivity index is 1.82. The van der Waals surface area contributed by atoms with Crippen LogP contribution >= 0.6 is 0 Å². The van der Waals surface area contributed by atoms with Crippen molar-refractivity contribution in [1.82, 2.24) is 5.32 Å². The molecule has 2 rings (SSSR count). The van der Waals surface area contributed by atoms with Gasteiger partial charge in [0.05, 0.1) is 12.1 Å². The predicted octanol–water partition coefficient (Wildman–Crippen LogP) is 3.02. The van der Waals surface area contributed by atoms with Crippen LogP contribution in [-0.2, 0) is 11.2 Å². The number of fused-ring (bicyclic) bond motifs is 1. The summed E-state index contributed by atoms with van der Waals surface area (Å²) in [6.45, 7) is 9.67. The molecule has 0 bridgehead atoms. The second kappa shape index (κ2) is 7.75. The summed E-state index contributed by atoms with van der Waals surface area (Å²) >= 11 is 0. The van der Waals surface area contributed by atoms with Gasteiger partial charge in [0, 0.05) is 23.9 Å². The van der Waals surface area contributed by atoms with Gasteiger partial charge in [0.2, 0.25) is 0 Å². The van der Waals surface area contributed by atoms with Crippen molar-refractivity contribution in [3.8, 4) is 0 Å². The van der Waals surface area contributed by atoms with E-state index < -0.39 is 0 Å². The number of carbonyl (C=O) groups excluding carboxylic acids is 1. The number of Topliss-reactive ketones (excluding diaryl/α,β-unsaturated/α-hetero) is 1. The van der Waals surface area contributed by atoms with Gasteiger partial charge in [-0.15, -0.1) is 0 Å². The number of hydrogen-bond donors (Lipinski definition) is 2. The van der Waals surface area contributed by atoms with E-state index in [-0.39, 0.29) is 17.9 Å². The minimum absolute atomic E-state index is 0.159. The SMILES string of the molecule is CC1Cc2cc(C(=O)C(C)NCCCOC(C)C)ccc2N1. The standard InChI is InChI=1S/C18H28N2O2/c1-12(2)22-9-5-8-19-14(4)18(21)15-6-7-17-16(11-15)10-13(3)20-17/h6-7,11-14,19-20H,5,8-10H2,1-4H3. The van der Waals surface area contributed by atoms with Crippen molar-refractivity contribution in [2.75, 3.05) is 18.5 Å². The minimum atomic E-state index is -0.163. The summed E-state index contributed by atoms with van der Waals surface area (Å²) in [4.78, 5) is 12.5. The zero-order valence-electron chi connectivity index (χ0n) is 14.1. The first-order chi connectivity index (χ1) is 10.5. The molecule has 0 spiro atoms. The Hall–Kier alpha value is -1.39. The Morgan fingerprint density at radius 1 is 1.41 bits per heavy atom. The van der Waals surface area contributed by atoms with Crippen LogP contribution < -0.4 is 10.6 Å². The van der Waals surface area contributed by atoms with Gasteiger partial charge in [-0.05, 0) is 70.8 Å². The number of benzene rings is 1. The zero-order chi connectivity index (χ0) is 16.1. The smallest absolute Gasteiger partial charge is 0.179 e. The van der Waals surface area contributed by atoms with Crippen molar-refractivity contribution in [3.05, 3.63) is 29.3 Å². The van der Waals surface area contributed by atoms with Crippen LogP contribution in [0.15, 0.2) is 18.2 Å². The lowest BCUT2D eigenvalue weighted by atomic mass is 10.0. The van der Waals surface area contributed by atoms with Gasteiger partial charge in [0.25, 0.3) is 0 Å². The first-order valence-corrected chi connectivity index (χ1v) is 8.26. The summed E-state index contributed by atoms with van der Waals surface area (Å²) in [5, 5.41) is 6.70. The second-order valence-corrected chi connectivity index (χ2v) is 6.43. The highest BCUT2D eigenvalue weighted by Crippen LogP contribution is 2.26. The molecule has 1 aromatic carbocycles. The molecule has 2 N–H and O–H groups in total. The fraction of sp³-hybridized carbons (Fsp3) is 0.611. The van der Waals surface area contributed by atoms with Crippen molar-refractivity contribution in [3.63, 3.8) is 0 Å². The second-order valence-electron chi connectivity index (χ2n) is 6.43. The van der Waals surface area contributed by atoms with Crippen LogP contribution in [0.3, 0.4) is 0 Å². The van der Waals surface area contributed by atoms with Gasteiger partial charge in [0.1, 0.15) is 0 Å². The van der Waals surface area contributed by atoms with E-state index in [2.05, 4.69) is 17.6 Å². The van der Waals surface area contributed by atoms with Gasteiger partial charge in [-0.25, -0.2) is 0 Å². The van der Waals surface area contributed by atoms with E-state index >= 15 is 0 Å². The minimum Gasteiger partial charge on any atom is -0.382 e. The van der Waals surface area contributed by atoms with E-state index in [1.54, 1.807) is 0 Å². The Morgan fingerprint density at radius 2 is 2.18 bits per heavy atom. The first-order valence-electron chi connectivity index (χ1n) is 8.26. The normalized spacial score (nSPS) is 18.1. The molecule has 1 aromatic rings. The third kappa shape index (κ3) is 4.55. The lowest BCUT2D eigenvalue weighted by Crippen LogP contribution is -2.35. The number of ether oxygens (including phenoxy) is 1. The van der Waals surface area contributed by atoms with Gasteiger partial charge in [-0.3, -0.25) is 4.79 Å². The fourth-order valence-corrected chi connectivity index (χ4v) is 2.76. The number of hydrogen-bond acceptors (Lipinski definition) is 4. The lowest BCUT2D eigenvalue weighted by Gasteiger charge is -2.14. The Morgan fingerprint density at radius 3 is 2.91 bits per heavy atom. The number of carbonyl (C=O) groups is 1. The van der Waals surface area contributed by atoms with Crippen LogP contribution in [0.2, 0.25) is 0 Å². The molecule has 1 aliphatic heterocycles. The van der Waals surface area contributed by atoms with Crippen molar-refractivity contribution >= 4 is 11.5 Å². The first kappa shape index (κ1) is 17.0. The van der Waals surface area contributed by atoms with E-state index in [9.17, 15) is 4.79 Å². The van der Waals surface area contributed by atoms with E-state index in [4.69, 9.17) is 4.74 Å². The maximum atomic E-state index is 12.5. The molecule has 1 heterocycles. The monoisotopic (exact) mass is 304 g/mol. The van der Waals surface area contributed by atoms with Crippen molar-refractivity contribution < 1.29 is 9.53 Å². The highest BCUT2D eigenvalue weighted by atomic mass is 16.5. The summed E-state index contributed by atoms with van der Waals surface area (Å²) in [7, 11) is 0. The number of anilines is 1. The van der Waals surface area contributed by atoms with Crippen LogP contribution in [0.4, 0.5) is 5.69 Å². The third-order valence-electron chi connectivity index (χ3n) is 3.93. The molecule has 2 atom stereocenters.